The Morgan fingerprint density at radius 3 is 2.29 bits per heavy atom. The summed E-state index contributed by atoms with van der Waals surface area (Å²) in [6, 6.07) is 7.70. The predicted octanol–water partition coefficient (Wildman–Crippen LogP) is 2.64. The van der Waals surface area contributed by atoms with Crippen molar-refractivity contribution in [3.8, 4) is 5.75 Å². The van der Waals surface area contributed by atoms with Gasteiger partial charge in [-0.2, -0.15) is 0 Å². The maximum absolute atomic E-state index is 12.7. The minimum absolute atomic E-state index is 0.0553. The number of hydrogen-bond donors (Lipinski definition) is 3. The molecule has 3 N–H and O–H groups in total. The van der Waals surface area contributed by atoms with Crippen LogP contribution in [0.5, 0.6) is 5.75 Å². The number of hydrogen-bond acceptors (Lipinski definition) is 5. The molecule has 24 heavy (non-hydrogen) atoms. The molecule has 0 saturated heterocycles. The number of sulfonamides is 1. The lowest BCUT2D eigenvalue weighted by atomic mass is 10.2. The molecule has 2 rings (SSSR count). The van der Waals surface area contributed by atoms with Crippen LogP contribution in [0.3, 0.4) is 0 Å². The van der Waals surface area contributed by atoms with Crippen molar-refractivity contribution in [3.05, 3.63) is 52.0 Å². The number of aromatic hydroxyl groups is 1. The zero-order valence-corrected chi connectivity index (χ0v) is 14.5. The van der Waals surface area contributed by atoms with Gasteiger partial charge >= 0.3 is 0 Å². The Labute approximate surface area is 148 Å². The minimum atomic E-state index is -4.14. The number of anilines is 1. The number of amides is 1. The predicted molar refractivity (Wildman–Crippen MR) is 89.4 cm³/mol. The molecule has 0 aliphatic carbocycles. The topological polar surface area (TPSA) is 107 Å². The van der Waals surface area contributed by atoms with E-state index in [2.05, 4.69) is 0 Å². The van der Waals surface area contributed by atoms with E-state index in [4.69, 9.17) is 28.4 Å². The maximum atomic E-state index is 12.7. The van der Waals surface area contributed by atoms with E-state index in [0.717, 1.165) is 10.4 Å². The highest BCUT2D eigenvalue weighted by Gasteiger charge is 2.27. The van der Waals surface area contributed by atoms with Crippen LogP contribution in [0.2, 0.25) is 10.0 Å². The summed E-state index contributed by atoms with van der Waals surface area (Å²) in [5.74, 6) is -1.34. The second-order valence-corrected chi connectivity index (χ2v) is 7.48. The van der Waals surface area contributed by atoms with E-state index in [1.54, 1.807) is 0 Å². The van der Waals surface area contributed by atoms with Crippen LogP contribution >= 0.6 is 23.2 Å². The van der Waals surface area contributed by atoms with Crippen molar-refractivity contribution in [2.75, 3.05) is 11.4 Å². The van der Waals surface area contributed by atoms with E-state index >= 15 is 0 Å². The molecule has 2 aromatic carbocycles. The van der Waals surface area contributed by atoms with Crippen LogP contribution in [-0.4, -0.2) is 31.7 Å². The summed E-state index contributed by atoms with van der Waals surface area (Å²) in [5, 5.41) is 18.4. The van der Waals surface area contributed by atoms with Gasteiger partial charge in [-0.3, -0.25) is 14.3 Å². The molecule has 0 saturated carbocycles. The number of phenols is 1. The third kappa shape index (κ3) is 3.41. The molecule has 0 bridgehead atoms. The van der Waals surface area contributed by atoms with Gasteiger partial charge in [-0.25, -0.2) is 13.9 Å². The van der Waals surface area contributed by atoms with Crippen molar-refractivity contribution in [1.29, 1.82) is 0 Å². The lowest BCUT2D eigenvalue weighted by molar-refractivity contribution is 0.0706. The van der Waals surface area contributed by atoms with Crippen LogP contribution in [0.1, 0.15) is 10.4 Å². The summed E-state index contributed by atoms with van der Waals surface area (Å²) in [6.07, 6.45) is 0. The normalized spacial score (nSPS) is 11.2. The average molecular weight is 391 g/mol. The van der Waals surface area contributed by atoms with E-state index in [1.165, 1.54) is 42.9 Å². The SMILES string of the molecule is CN(c1ccc(C(=O)NO)cc1)S(=O)(=O)c1cc(Cl)cc(Cl)c1O. The van der Waals surface area contributed by atoms with Gasteiger partial charge in [-0.05, 0) is 36.4 Å². The number of halogens is 2. The van der Waals surface area contributed by atoms with Crippen LogP contribution in [0.15, 0.2) is 41.3 Å². The fraction of sp³-hybridized carbons (Fsp3) is 0.0714. The van der Waals surface area contributed by atoms with Gasteiger partial charge in [0, 0.05) is 17.6 Å². The van der Waals surface area contributed by atoms with Crippen molar-refractivity contribution < 1.29 is 23.5 Å². The highest BCUT2D eigenvalue weighted by atomic mass is 35.5. The molecule has 0 heterocycles. The van der Waals surface area contributed by atoms with Crippen molar-refractivity contribution in [2.45, 2.75) is 4.90 Å². The van der Waals surface area contributed by atoms with E-state index in [-0.39, 0.29) is 21.3 Å². The first-order valence-corrected chi connectivity index (χ1v) is 8.59. The molecule has 10 heteroatoms. The number of benzene rings is 2. The van der Waals surface area contributed by atoms with Gasteiger partial charge in [-0.1, -0.05) is 23.2 Å². The fourth-order valence-corrected chi connectivity index (χ4v) is 3.85. The van der Waals surface area contributed by atoms with Gasteiger partial charge in [0.05, 0.1) is 10.7 Å². The highest BCUT2D eigenvalue weighted by Crippen LogP contribution is 2.36. The average Bonchev–Trinajstić information content (AvgIpc) is 2.56. The first kappa shape index (κ1) is 18.3. The number of carbonyl (C=O) groups excluding carboxylic acids is 1. The molecule has 2 aromatic rings. The lowest BCUT2D eigenvalue weighted by Gasteiger charge is -2.20. The molecule has 0 aliphatic rings. The minimum Gasteiger partial charge on any atom is -0.505 e. The summed E-state index contributed by atoms with van der Waals surface area (Å²) in [6.45, 7) is 0. The van der Waals surface area contributed by atoms with Crippen LogP contribution in [-0.2, 0) is 10.0 Å². The maximum Gasteiger partial charge on any atom is 0.274 e. The highest BCUT2D eigenvalue weighted by molar-refractivity contribution is 7.93. The van der Waals surface area contributed by atoms with Gasteiger partial charge in [0.25, 0.3) is 15.9 Å². The van der Waals surface area contributed by atoms with Gasteiger partial charge in [0.2, 0.25) is 0 Å². The zero-order chi connectivity index (χ0) is 18.1. The van der Waals surface area contributed by atoms with E-state index < -0.39 is 26.6 Å². The Hall–Kier alpha value is -2.00. The molecule has 0 spiro atoms. The zero-order valence-electron chi connectivity index (χ0n) is 12.2. The van der Waals surface area contributed by atoms with E-state index in [1.807, 2.05) is 0 Å². The summed E-state index contributed by atoms with van der Waals surface area (Å²) in [4.78, 5) is 10.8. The number of rotatable bonds is 4. The molecular weight excluding hydrogens is 379 g/mol. The lowest BCUT2D eigenvalue weighted by Crippen LogP contribution is -2.27. The molecule has 7 nitrogen and oxygen atoms in total. The summed E-state index contributed by atoms with van der Waals surface area (Å²) < 4.78 is 26.2. The smallest absolute Gasteiger partial charge is 0.274 e. The Balaban J connectivity index is 2.45. The molecule has 1 amide bonds. The molecule has 128 valence electrons. The van der Waals surface area contributed by atoms with Crippen molar-refractivity contribution >= 4 is 44.8 Å². The first-order valence-electron chi connectivity index (χ1n) is 6.40. The van der Waals surface area contributed by atoms with E-state index in [9.17, 15) is 18.3 Å². The Bertz CT molecular complexity index is 885. The monoisotopic (exact) mass is 390 g/mol. The van der Waals surface area contributed by atoms with Gasteiger partial charge in [0.15, 0.2) is 5.75 Å². The molecule has 0 fully saturated rings. The summed E-state index contributed by atoms with van der Waals surface area (Å²) in [5.41, 5.74) is 1.83. The van der Waals surface area contributed by atoms with Crippen LogP contribution in [0, 0.1) is 0 Å². The Kier molecular flexibility index (Phi) is 5.24. The van der Waals surface area contributed by atoms with Crippen LogP contribution < -0.4 is 9.79 Å². The van der Waals surface area contributed by atoms with Crippen molar-refractivity contribution in [2.24, 2.45) is 0 Å². The second-order valence-electron chi connectivity index (χ2n) is 4.69. The van der Waals surface area contributed by atoms with Crippen LogP contribution in [0.25, 0.3) is 0 Å². The first-order chi connectivity index (χ1) is 11.2. The van der Waals surface area contributed by atoms with Gasteiger partial charge in [-0.15, -0.1) is 0 Å². The molecule has 0 atom stereocenters. The number of phenolic OH excluding ortho intramolecular Hbond substituents is 1. The Morgan fingerprint density at radius 1 is 1.17 bits per heavy atom. The molecule has 0 unspecified atom stereocenters. The fourth-order valence-electron chi connectivity index (χ4n) is 1.91. The van der Waals surface area contributed by atoms with E-state index in [0.29, 0.717) is 0 Å². The van der Waals surface area contributed by atoms with Gasteiger partial charge < -0.3 is 5.11 Å². The van der Waals surface area contributed by atoms with Gasteiger partial charge in [0.1, 0.15) is 4.90 Å². The number of carbonyl (C=O) groups is 1. The quantitative estimate of drug-likeness (QED) is 0.549. The standard InChI is InChI=1S/C14H12Cl2N2O5S/c1-18(10-4-2-8(3-5-10)14(20)17-21)24(22,23)12-7-9(15)6-11(16)13(12)19/h2-7,19,21H,1H3,(H,17,20). The molecule has 0 aromatic heterocycles. The Morgan fingerprint density at radius 2 is 1.75 bits per heavy atom. The molecule has 0 aliphatic heterocycles. The third-order valence-electron chi connectivity index (χ3n) is 3.23. The van der Waals surface area contributed by atoms with Crippen molar-refractivity contribution in [3.63, 3.8) is 0 Å². The third-order valence-corrected chi connectivity index (χ3v) is 5.53. The number of hydroxylamine groups is 1. The number of nitrogens with one attached hydrogen (secondary N) is 1. The number of nitrogens with zero attached hydrogens (tertiary/aromatic N) is 1. The van der Waals surface area contributed by atoms with Crippen molar-refractivity contribution in [1.82, 2.24) is 5.48 Å². The largest absolute Gasteiger partial charge is 0.505 e. The second kappa shape index (κ2) is 6.86. The van der Waals surface area contributed by atoms with Crippen LogP contribution in [0.4, 0.5) is 5.69 Å². The summed E-state index contributed by atoms with van der Waals surface area (Å²) in [7, 11) is -2.87. The molecule has 0 radical (unpaired) electrons. The molecular formula is C14H12Cl2N2O5S. The summed E-state index contributed by atoms with van der Waals surface area (Å²) >= 11 is 11.6.